The molecule has 0 saturated heterocycles. The third-order valence-corrected chi connectivity index (χ3v) is 5.39. The molecule has 0 spiro atoms. The minimum Gasteiger partial charge on any atom is -0.383 e. The van der Waals surface area contributed by atoms with E-state index in [-0.39, 0.29) is 5.91 Å². The molecule has 0 atom stereocenters. The highest BCUT2D eigenvalue weighted by Gasteiger charge is 2.15. The molecule has 0 radical (unpaired) electrons. The molecule has 0 bridgehead atoms. The van der Waals surface area contributed by atoms with Gasteiger partial charge in [-0.05, 0) is 25.0 Å². The Morgan fingerprint density at radius 1 is 1.14 bits per heavy atom. The SMILES string of the molecule is COCCn1c(SCC(=O)NCCc2ccccc2)nnc1-c1cccc(C)c1. The lowest BCUT2D eigenvalue weighted by atomic mass is 10.1. The van der Waals surface area contributed by atoms with Gasteiger partial charge in [-0.3, -0.25) is 9.36 Å². The summed E-state index contributed by atoms with van der Waals surface area (Å²) < 4.78 is 7.25. The van der Waals surface area contributed by atoms with Crippen LogP contribution in [0.3, 0.4) is 0 Å². The van der Waals surface area contributed by atoms with E-state index in [0.29, 0.717) is 25.4 Å². The van der Waals surface area contributed by atoms with Crippen LogP contribution in [-0.2, 0) is 22.5 Å². The largest absolute Gasteiger partial charge is 0.383 e. The van der Waals surface area contributed by atoms with Gasteiger partial charge in [0.1, 0.15) is 0 Å². The number of nitrogens with one attached hydrogen (secondary N) is 1. The first-order valence-corrected chi connectivity index (χ1v) is 10.6. The standard InChI is InChI=1S/C22H26N4O2S/c1-17-7-6-10-19(15-17)21-24-25-22(26(21)13-14-28-2)29-16-20(27)23-12-11-18-8-4-3-5-9-18/h3-10,15H,11-14,16H2,1-2H3,(H,23,27). The molecule has 0 aliphatic carbocycles. The van der Waals surface area contributed by atoms with Crippen molar-refractivity contribution in [2.24, 2.45) is 0 Å². The van der Waals surface area contributed by atoms with E-state index in [2.05, 4.69) is 46.7 Å². The third kappa shape index (κ3) is 6.17. The van der Waals surface area contributed by atoms with Gasteiger partial charge in [-0.15, -0.1) is 10.2 Å². The zero-order valence-electron chi connectivity index (χ0n) is 16.8. The van der Waals surface area contributed by atoms with Crippen LogP contribution in [0.25, 0.3) is 11.4 Å². The second kappa shape index (κ2) is 10.8. The van der Waals surface area contributed by atoms with Gasteiger partial charge >= 0.3 is 0 Å². The fraction of sp³-hybridized carbons (Fsp3) is 0.318. The summed E-state index contributed by atoms with van der Waals surface area (Å²) >= 11 is 1.39. The highest BCUT2D eigenvalue weighted by Crippen LogP contribution is 2.24. The second-order valence-electron chi connectivity index (χ2n) is 6.69. The molecule has 1 amide bonds. The monoisotopic (exact) mass is 410 g/mol. The summed E-state index contributed by atoms with van der Waals surface area (Å²) in [6.07, 6.45) is 0.818. The number of amides is 1. The molecule has 0 aliphatic rings. The Labute approximate surface area is 175 Å². The van der Waals surface area contributed by atoms with Gasteiger partial charge in [0, 0.05) is 19.2 Å². The Balaban J connectivity index is 1.60. The van der Waals surface area contributed by atoms with Crippen molar-refractivity contribution < 1.29 is 9.53 Å². The van der Waals surface area contributed by atoms with Crippen LogP contribution in [0, 0.1) is 6.92 Å². The molecular formula is C22H26N4O2S. The van der Waals surface area contributed by atoms with E-state index in [4.69, 9.17) is 4.74 Å². The van der Waals surface area contributed by atoms with E-state index < -0.39 is 0 Å². The van der Waals surface area contributed by atoms with E-state index in [9.17, 15) is 4.79 Å². The number of hydrogen-bond donors (Lipinski definition) is 1. The highest BCUT2D eigenvalue weighted by atomic mass is 32.2. The number of aromatic nitrogens is 3. The van der Waals surface area contributed by atoms with Gasteiger partial charge in [0.25, 0.3) is 0 Å². The zero-order valence-corrected chi connectivity index (χ0v) is 17.6. The molecule has 0 fully saturated rings. The summed E-state index contributed by atoms with van der Waals surface area (Å²) in [7, 11) is 1.67. The maximum absolute atomic E-state index is 12.2. The van der Waals surface area contributed by atoms with Gasteiger partial charge in [-0.1, -0.05) is 65.9 Å². The second-order valence-corrected chi connectivity index (χ2v) is 7.64. The molecular weight excluding hydrogens is 384 g/mol. The Morgan fingerprint density at radius 3 is 2.72 bits per heavy atom. The van der Waals surface area contributed by atoms with E-state index in [1.54, 1.807) is 7.11 Å². The number of aryl methyl sites for hydroxylation is 1. The fourth-order valence-corrected chi connectivity index (χ4v) is 3.74. The van der Waals surface area contributed by atoms with Crippen molar-refractivity contribution in [2.75, 3.05) is 26.0 Å². The number of benzene rings is 2. The molecule has 6 nitrogen and oxygen atoms in total. The van der Waals surface area contributed by atoms with Crippen LogP contribution in [0.2, 0.25) is 0 Å². The molecule has 0 saturated carbocycles. The van der Waals surface area contributed by atoms with Gasteiger partial charge in [0.05, 0.1) is 18.9 Å². The number of nitrogens with zero attached hydrogens (tertiary/aromatic N) is 3. The molecule has 3 rings (SSSR count). The van der Waals surface area contributed by atoms with Crippen molar-refractivity contribution in [2.45, 2.75) is 25.0 Å². The van der Waals surface area contributed by atoms with E-state index >= 15 is 0 Å². The summed E-state index contributed by atoms with van der Waals surface area (Å²) in [6.45, 7) is 3.85. The van der Waals surface area contributed by atoms with E-state index in [0.717, 1.165) is 28.5 Å². The van der Waals surface area contributed by atoms with E-state index in [1.165, 1.54) is 17.3 Å². The number of hydrogen-bond acceptors (Lipinski definition) is 5. The van der Waals surface area contributed by atoms with Crippen molar-refractivity contribution in [3.63, 3.8) is 0 Å². The molecule has 0 unspecified atom stereocenters. The third-order valence-electron chi connectivity index (χ3n) is 4.42. The summed E-state index contributed by atoms with van der Waals surface area (Å²) in [4.78, 5) is 12.2. The first-order valence-electron chi connectivity index (χ1n) is 9.60. The number of carbonyl (C=O) groups is 1. The molecule has 7 heteroatoms. The van der Waals surface area contributed by atoms with Crippen LogP contribution in [0.4, 0.5) is 0 Å². The van der Waals surface area contributed by atoms with Gasteiger partial charge in [0.2, 0.25) is 5.91 Å². The average Bonchev–Trinajstić information content (AvgIpc) is 3.14. The number of methoxy groups -OCH3 is 1. The molecule has 0 aliphatic heterocycles. The van der Waals surface area contributed by atoms with Gasteiger partial charge in [-0.25, -0.2) is 0 Å². The molecule has 1 N–H and O–H groups in total. The Hall–Kier alpha value is -2.64. The molecule has 3 aromatic rings. The van der Waals surface area contributed by atoms with Crippen molar-refractivity contribution >= 4 is 17.7 Å². The maximum atomic E-state index is 12.2. The average molecular weight is 411 g/mol. The first-order chi connectivity index (χ1) is 14.2. The minimum atomic E-state index is -0.00988. The lowest BCUT2D eigenvalue weighted by Gasteiger charge is -2.10. The minimum absolute atomic E-state index is 0.00988. The Morgan fingerprint density at radius 2 is 1.97 bits per heavy atom. The number of ether oxygens (including phenoxy) is 1. The maximum Gasteiger partial charge on any atom is 0.230 e. The molecule has 1 heterocycles. The van der Waals surface area contributed by atoms with E-state index in [1.807, 2.05) is 34.9 Å². The highest BCUT2D eigenvalue weighted by molar-refractivity contribution is 7.99. The molecule has 2 aromatic carbocycles. The number of carbonyl (C=O) groups excluding carboxylic acids is 1. The van der Waals surface area contributed by atoms with Crippen LogP contribution >= 0.6 is 11.8 Å². The van der Waals surface area contributed by atoms with Crippen LogP contribution in [0.5, 0.6) is 0 Å². The van der Waals surface area contributed by atoms with Crippen LogP contribution in [0.15, 0.2) is 59.8 Å². The fourth-order valence-electron chi connectivity index (χ4n) is 2.95. The summed E-state index contributed by atoms with van der Waals surface area (Å²) in [5.41, 5.74) is 3.38. The Kier molecular flexibility index (Phi) is 7.84. The van der Waals surface area contributed by atoms with Crippen molar-refractivity contribution in [3.8, 4) is 11.4 Å². The predicted molar refractivity (Wildman–Crippen MR) is 116 cm³/mol. The van der Waals surface area contributed by atoms with Crippen molar-refractivity contribution in [1.29, 1.82) is 0 Å². The molecule has 29 heavy (non-hydrogen) atoms. The zero-order chi connectivity index (χ0) is 20.5. The number of rotatable bonds is 10. The summed E-state index contributed by atoms with van der Waals surface area (Å²) in [5, 5.41) is 12.4. The van der Waals surface area contributed by atoms with Gasteiger partial charge in [0.15, 0.2) is 11.0 Å². The summed E-state index contributed by atoms with van der Waals surface area (Å²) in [6, 6.07) is 18.3. The van der Waals surface area contributed by atoms with Gasteiger partial charge in [-0.2, -0.15) is 0 Å². The smallest absolute Gasteiger partial charge is 0.230 e. The molecule has 1 aromatic heterocycles. The normalized spacial score (nSPS) is 10.8. The summed E-state index contributed by atoms with van der Waals surface area (Å²) in [5.74, 6) is 1.08. The van der Waals surface area contributed by atoms with Crippen molar-refractivity contribution in [1.82, 2.24) is 20.1 Å². The van der Waals surface area contributed by atoms with Crippen molar-refractivity contribution in [3.05, 3.63) is 65.7 Å². The predicted octanol–water partition coefficient (Wildman–Crippen LogP) is 3.35. The molecule has 152 valence electrons. The topological polar surface area (TPSA) is 69.0 Å². The first kappa shape index (κ1) is 21.1. The Bertz CT molecular complexity index is 928. The van der Waals surface area contributed by atoms with Gasteiger partial charge < -0.3 is 10.1 Å². The van der Waals surface area contributed by atoms with Crippen LogP contribution in [-0.4, -0.2) is 46.7 Å². The lowest BCUT2D eigenvalue weighted by Crippen LogP contribution is -2.27. The van der Waals surface area contributed by atoms with Crippen LogP contribution in [0.1, 0.15) is 11.1 Å². The van der Waals surface area contributed by atoms with Crippen LogP contribution < -0.4 is 5.32 Å². The quantitative estimate of drug-likeness (QED) is 0.519. The lowest BCUT2D eigenvalue weighted by molar-refractivity contribution is -0.118. The number of thioether (sulfide) groups is 1.